The van der Waals surface area contributed by atoms with Gasteiger partial charge < -0.3 is 0 Å². The van der Waals surface area contributed by atoms with Crippen LogP contribution >= 0.6 is 23.2 Å². The smallest absolute Gasteiger partial charge is 0.0613 e. The Morgan fingerprint density at radius 1 is 0.955 bits per heavy atom. The summed E-state index contributed by atoms with van der Waals surface area (Å²) in [5, 5.41) is 5.70. The van der Waals surface area contributed by atoms with Gasteiger partial charge in [0.05, 0.1) is 22.3 Å². The third kappa shape index (κ3) is 8.26. The van der Waals surface area contributed by atoms with Crippen molar-refractivity contribution in [2.24, 2.45) is 0 Å². The molecular weight excluding hydrogens is 315 g/mol. The molecular formula is C18H28Cl2N2. The fraction of sp³-hybridized carbons (Fsp3) is 0.611. The minimum absolute atomic E-state index is 0.561. The maximum atomic E-state index is 6.01. The molecule has 0 aliphatic carbocycles. The van der Waals surface area contributed by atoms with Crippen LogP contribution in [0.4, 0.5) is 5.69 Å². The third-order valence-electron chi connectivity index (χ3n) is 3.61. The predicted octanol–water partition coefficient (Wildman–Crippen LogP) is 6.07. The second-order valence-corrected chi connectivity index (χ2v) is 6.39. The molecule has 0 atom stereocenters. The molecule has 0 unspecified atom stereocenters. The van der Waals surface area contributed by atoms with Crippen molar-refractivity contribution in [1.82, 2.24) is 10.2 Å². The van der Waals surface area contributed by atoms with E-state index in [9.17, 15) is 0 Å². The van der Waals surface area contributed by atoms with E-state index in [2.05, 4.69) is 30.6 Å². The first-order valence-corrected chi connectivity index (χ1v) is 9.12. The molecule has 22 heavy (non-hydrogen) atoms. The van der Waals surface area contributed by atoms with Gasteiger partial charge in [-0.05, 0) is 44.1 Å². The Kier molecular flexibility index (Phi) is 10.7. The van der Waals surface area contributed by atoms with Crippen molar-refractivity contribution in [1.29, 1.82) is 0 Å². The SMILES string of the molecule is CCCCCN([CH]C[N]c1ccc(Cl)c(Cl)c1)CCCCC. The normalized spacial score (nSPS) is 11.1. The highest BCUT2D eigenvalue weighted by Gasteiger charge is 2.06. The van der Waals surface area contributed by atoms with Crippen LogP contribution in [0.15, 0.2) is 18.2 Å². The monoisotopic (exact) mass is 342 g/mol. The summed E-state index contributed by atoms with van der Waals surface area (Å²) in [6.07, 6.45) is 7.62. The molecule has 0 aliphatic rings. The Morgan fingerprint density at radius 2 is 1.59 bits per heavy atom. The average molecular weight is 343 g/mol. The predicted molar refractivity (Wildman–Crippen MR) is 98.0 cm³/mol. The summed E-state index contributed by atoms with van der Waals surface area (Å²) in [5.41, 5.74) is 0.882. The highest BCUT2D eigenvalue weighted by molar-refractivity contribution is 6.42. The Morgan fingerprint density at radius 3 is 2.14 bits per heavy atom. The van der Waals surface area contributed by atoms with Gasteiger partial charge in [0.25, 0.3) is 0 Å². The number of rotatable bonds is 12. The van der Waals surface area contributed by atoms with Crippen LogP contribution in [0.3, 0.4) is 0 Å². The van der Waals surface area contributed by atoms with Gasteiger partial charge in [-0.25, -0.2) is 0 Å². The van der Waals surface area contributed by atoms with Crippen molar-refractivity contribution in [2.45, 2.75) is 52.4 Å². The lowest BCUT2D eigenvalue weighted by Crippen LogP contribution is -2.26. The highest BCUT2D eigenvalue weighted by atomic mass is 35.5. The highest BCUT2D eigenvalue weighted by Crippen LogP contribution is 2.25. The van der Waals surface area contributed by atoms with Gasteiger partial charge in [-0.1, -0.05) is 62.7 Å². The van der Waals surface area contributed by atoms with Gasteiger partial charge in [-0.2, -0.15) is 0 Å². The molecule has 4 heteroatoms. The number of benzene rings is 1. The van der Waals surface area contributed by atoms with Gasteiger partial charge in [0, 0.05) is 6.54 Å². The number of hydrogen-bond donors (Lipinski definition) is 0. The Bertz CT molecular complexity index is 400. The molecule has 0 fully saturated rings. The minimum atomic E-state index is 0.561. The average Bonchev–Trinajstić information content (AvgIpc) is 2.51. The van der Waals surface area contributed by atoms with Gasteiger partial charge in [0.15, 0.2) is 0 Å². The Hall–Kier alpha value is -0.440. The summed E-state index contributed by atoms with van der Waals surface area (Å²) in [7, 11) is 0. The summed E-state index contributed by atoms with van der Waals surface area (Å²) in [4.78, 5) is 2.42. The summed E-state index contributed by atoms with van der Waals surface area (Å²) in [5.74, 6) is 0. The van der Waals surface area contributed by atoms with Gasteiger partial charge in [0.1, 0.15) is 0 Å². The van der Waals surface area contributed by atoms with E-state index in [4.69, 9.17) is 23.2 Å². The largest absolute Gasteiger partial charge is 0.297 e. The van der Waals surface area contributed by atoms with E-state index in [1.165, 1.54) is 38.5 Å². The van der Waals surface area contributed by atoms with Crippen LogP contribution in [0, 0.1) is 6.54 Å². The summed E-state index contributed by atoms with van der Waals surface area (Å²) in [6, 6.07) is 5.51. The number of hydrogen-bond acceptors (Lipinski definition) is 1. The second-order valence-electron chi connectivity index (χ2n) is 5.57. The standard InChI is InChI=1S/C18H28Cl2N2/c1-3-5-7-12-22(13-8-6-4-2)14-11-21-16-9-10-17(19)18(20)15-16/h9-10,14-15H,3-8,11-13H2,1-2H3. The van der Waals surface area contributed by atoms with Crippen LogP contribution in [0.25, 0.3) is 0 Å². The first kappa shape index (κ1) is 19.6. The minimum Gasteiger partial charge on any atom is -0.297 e. The number of nitrogens with zero attached hydrogens (tertiary/aromatic N) is 2. The van der Waals surface area contributed by atoms with E-state index in [1.807, 2.05) is 12.1 Å². The van der Waals surface area contributed by atoms with Crippen LogP contribution < -0.4 is 5.32 Å². The molecule has 0 heterocycles. The Balaban J connectivity index is 2.35. The quantitative estimate of drug-likeness (QED) is 0.421. The topological polar surface area (TPSA) is 17.3 Å². The molecule has 0 aliphatic heterocycles. The molecule has 0 aromatic heterocycles. The fourth-order valence-corrected chi connectivity index (χ4v) is 2.56. The van der Waals surface area contributed by atoms with E-state index < -0.39 is 0 Å². The van der Waals surface area contributed by atoms with Gasteiger partial charge in [0.2, 0.25) is 0 Å². The molecule has 0 N–H and O–H groups in total. The van der Waals surface area contributed by atoms with Crippen LogP contribution in [-0.2, 0) is 0 Å². The van der Waals surface area contributed by atoms with Crippen LogP contribution in [0.2, 0.25) is 10.0 Å². The fourth-order valence-electron chi connectivity index (χ4n) is 2.27. The van der Waals surface area contributed by atoms with Crippen molar-refractivity contribution in [3.63, 3.8) is 0 Å². The first-order valence-electron chi connectivity index (χ1n) is 8.37. The maximum absolute atomic E-state index is 6.01. The molecule has 2 radical (unpaired) electrons. The molecule has 0 saturated carbocycles. The number of unbranched alkanes of at least 4 members (excludes halogenated alkanes) is 4. The third-order valence-corrected chi connectivity index (χ3v) is 4.35. The molecule has 0 saturated heterocycles. The second kappa shape index (κ2) is 12.0. The van der Waals surface area contributed by atoms with Crippen LogP contribution in [0.5, 0.6) is 0 Å². The molecule has 1 rings (SSSR count). The lowest BCUT2D eigenvalue weighted by atomic mass is 10.2. The van der Waals surface area contributed by atoms with Crippen molar-refractivity contribution in [3.05, 3.63) is 34.8 Å². The first-order chi connectivity index (χ1) is 10.7. The van der Waals surface area contributed by atoms with Crippen molar-refractivity contribution < 1.29 is 0 Å². The van der Waals surface area contributed by atoms with Crippen molar-refractivity contribution in [2.75, 3.05) is 19.6 Å². The molecule has 0 bridgehead atoms. The Labute approximate surface area is 146 Å². The molecule has 124 valence electrons. The summed E-state index contributed by atoms with van der Waals surface area (Å²) >= 11 is 11.9. The summed E-state index contributed by atoms with van der Waals surface area (Å²) in [6.45, 7) is 9.66. The molecule has 2 nitrogen and oxygen atoms in total. The zero-order valence-electron chi connectivity index (χ0n) is 13.8. The van der Waals surface area contributed by atoms with Gasteiger partial charge in [-0.3, -0.25) is 10.2 Å². The van der Waals surface area contributed by atoms with Crippen LogP contribution in [0.1, 0.15) is 52.4 Å². The molecule has 1 aromatic carbocycles. The molecule has 0 amide bonds. The number of halogens is 2. The van der Waals surface area contributed by atoms with E-state index in [0.717, 1.165) is 18.8 Å². The lowest BCUT2D eigenvalue weighted by molar-refractivity contribution is 0.312. The van der Waals surface area contributed by atoms with E-state index in [0.29, 0.717) is 16.6 Å². The van der Waals surface area contributed by atoms with E-state index in [-0.39, 0.29) is 0 Å². The van der Waals surface area contributed by atoms with E-state index >= 15 is 0 Å². The zero-order valence-corrected chi connectivity index (χ0v) is 15.3. The van der Waals surface area contributed by atoms with Crippen molar-refractivity contribution >= 4 is 28.9 Å². The van der Waals surface area contributed by atoms with Crippen LogP contribution in [-0.4, -0.2) is 24.5 Å². The molecule has 1 aromatic rings. The van der Waals surface area contributed by atoms with E-state index in [1.54, 1.807) is 6.07 Å². The van der Waals surface area contributed by atoms with Gasteiger partial charge >= 0.3 is 0 Å². The lowest BCUT2D eigenvalue weighted by Gasteiger charge is -2.21. The summed E-state index contributed by atoms with van der Waals surface area (Å²) < 4.78 is 0. The molecule has 0 spiro atoms. The van der Waals surface area contributed by atoms with Crippen molar-refractivity contribution in [3.8, 4) is 0 Å². The van der Waals surface area contributed by atoms with Gasteiger partial charge in [-0.15, -0.1) is 0 Å². The maximum Gasteiger partial charge on any atom is 0.0613 e. The zero-order chi connectivity index (χ0) is 16.2.